The zero-order chi connectivity index (χ0) is 31.9. The quantitative estimate of drug-likeness (QED) is 0.161. The summed E-state index contributed by atoms with van der Waals surface area (Å²) >= 11 is 1.52. The van der Waals surface area contributed by atoms with E-state index in [2.05, 4.69) is 16.0 Å². The molecule has 4 aromatic rings. The Kier molecular flexibility index (Phi) is 10.2. The van der Waals surface area contributed by atoms with Gasteiger partial charge in [-0.3, -0.25) is 9.59 Å². The molecule has 0 saturated carbocycles. The van der Waals surface area contributed by atoms with Gasteiger partial charge in [-0.2, -0.15) is 0 Å². The summed E-state index contributed by atoms with van der Waals surface area (Å²) in [6.45, 7) is 2.16. The lowest BCUT2D eigenvalue weighted by atomic mass is 9.95. The molecule has 46 heavy (non-hydrogen) atoms. The lowest BCUT2D eigenvalue weighted by Gasteiger charge is -2.14. The van der Waals surface area contributed by atoms with E-state index in [0.717, 1.165) is 73.8 Å². The van der Waals surface area contributed by atoms with Crippen molar-refractivity contribution < 1.29 is 23.9 Å². The van der Waals surface area contributed by atoms with E-state index < -0.39 is 0 Å². The molecule has 1 fully saturated rings. The van der Waals surface area contributed by atoms with Gasteiger partial charge in [-0.05, 0) is 104 Å². The van der Waals surface area contributed by atoms with Crippen LogP contribution in [0.25, 0.3) is 0 Å². The average Bonchev–Trinajstić information content (AvgIpc) is 3.75. The largest absolute Gasteiger partial charge is 0.465 e. The summed E-state index contributed by atoms with van der Waals surface area (Å²) in [6.07, 6.45) is 6.50. The number of amides is 2. The molecule has 0 radical (unpaired) electrons. The molecule has 8 nitrogen and oxygen atoms in total. The molecule has 0 bridgehead atoms. The number of rotatable bonds is 11. The van der Waals surface area contributed by atoms with Gasteiger partial charge in [0.25, 0.3) is 11.8 Å². The van der Waals surface area contributed by atoms with Crippen molar-refractivity contribution in [2.24, 2.45) is 0 Å². The van der Waals surface area contributed by atoms with Gasteiger partial charge in [0.2, 0.25) is 0 Å². The van der Waals surface area contributed by atoms with Crippen molar-refractivity contribution in [1.29, 1.82) is 0 Å². The molecule has 0 unspecified atom stereocenters. The Hall–Kier alpha value is -4.31. The number of anilines is 2. The SMILES string of the molecule is COC(=O)c1ccc(CCc2ccc(NC(=O)c3c(NC(=O)c4cccc(CN[C@@H]5CCOC5)c4)sc4c3CCCC4)cc2)cc1. The molecule has 238 valence electrons. The van der Waals surface area contributed by atoms with Crippen molar-refractivity contribution in [3.8, 4) is 0 Å². The maximum absolute atomic E-state index is 13.7. The first kappa shape index (κ1) is 31.7. The van der Waals surface area contributed by atoms with E-state index >= 15 is 0 Å². The highest BCUT2D eigenvalue weighted by atomic mass is 32.1. The Morgan fingerprint density at radius 2 is 1.59 bits per heavy atom. The van der Waals surface area contributed by atoms with E-state index in [1.54, 1.807) is 12.1 Å². The van der Waals surface area contributed by atoms with Gasteiger partial charge in [-0.1, -0.05) is 36.4 Å². The summed E-state index contributed by atoms with van der Waals surface area (Å²) in [7, 11) is 1.38. The van der Waals surface area contributed by atoms with Crippen molar-refractivity contribution in [2.75, 3.05) is 31.0 Å². The van der Waals surface area contributed by atoms with Gasteiger partial charge in [0.15, 0.2) is 0 Å². The number of hydrogen-bond donors (Lipinski definition) is 3. The van der Waals surface area contributed by atoms with Gasteiger partial charge >= 0.3 is 5.97 Å². The predicted molar refractivity (Wildman–Crippen MR) is 181 cm³/mol. The minimum atomic E-state index is -0.342. The Morgan fingerprint density at radius 1 is 0.848 bits per heavy atom. The fraction of sp³-hybridized carbons (Fsp3) is 0.324. The number of methoxy groups -OCH3 is 1. The van der Waals surface area contributed by atoms with Crippen LogP contribution in [-0.2, 0) is 41.7 Å². The normalized spacial score (nSPS) is 15.6. The van der Waals surface area contributed by atoms with Gasteiger partial charge in [-0.25, -0.2) is 4.79 Å². The molecule has 6 rings (SSSR count). The number of benzene rings is 3. The van der Waals surface area contributed by atoms with E-state index in [4.69, 9.17) is 9.47 Å². The summed E-state index contributed by atoms with van der Waals surface area (Å²) in [6, 6.07) is 23.3. The number of carbonyl (C=O) groups excluding carboxylic acids is 3. The minimum absolute atomic E-state index is 0.204. The fourth-order valence-corrected chi connectivity index (χ4v) is 7.29. The molecule has 1 aliphatic heterocycles. The summed E-state index contributed by atoms with van der Waals surface area (Å²) in [5.74, 6) is -0.765. The molecule has 3 aromatic carbocycles. The third kappa shape index (κ3) is 7.73. The number of thiophene rings is 1. The van der Waals surface area contributed by atoms with Crippen molar-refractivity contribution >= 4 is 39.8 Å². The van der Waals surface area contributed by atoms with Crippen LogP contribution in [0.15, 0.2) is 72.8 Å². The third-order valence-electron chi connectivity index (χ3n) is 8.63. The molecular formula is C37H39N3O5S. The van der Waals surface area contributed by atoms with E-state index in [-0.39, 0.29) is 17.8 Å². The summed E-state index contributed by atoms with van der Waals surface area (Å²) < 4.78 is 10.2. The molecule has 0 spiro atoms. The van der Waals surface area contributed by atoms with Crippen molar-refractivity contribution in [3.63, 3.8) is 0 Å². The highest BCUT2D eigenvalue weighted by Gasteiger charge is 2.27. The summed E-state index contributed by atoms with van der Waals surface area (Å²) in [4.78, 5) is 40.0. The Morgan fingerprint density at radius 3 is 2.30 bits per heavy atom. The number of carbonyl (C=O) groups is 3. The van der Waals surface area contributed by atoms with Crippen LogP contribution < -0.4 is 16.0 Å². The molecule has 1 atom stereocenters. The van der Waals surface area contributed by atoms with Gasteiger partial charge in [0.1, 0.15) is 5.00 Å². The number of hydrogen-bond acceptors (Lipinski definition) is 7. The van der Waals surface area contributed by atoms with Crippen LogP contribution in [0.4, 0.5) is 10.7 Å². The molecular weight excluding hydrogens is 598 g/mol. The Balaban J connectivity index is 1.10. The van der Waals surface area contributed by atoms with Gasteiger partial charge in [0, 0.05) is 35.3 Å². The first-order valence-electron chi connectivity index (χ1n) is 15.9. The molecule has 9 heteroatoms. The van der Waals surface area contributed by atoms with Crippen molar-refractivity contribution in [1.82, 2.24) is 5.32 Å². The van der Waals surface area contributed by atoms with Crippen molar-refractivity contribution in [3.05, 3.63) is 117 Å². The molecule has 3 N–H and O–H groups in total. The highest BCUT2D eigenvalue weighted by Crippen LogP contribution is 2.39. The first-order chi connectivity index (χ1) is 22.5. The second-order valence-electron chi connectivity index (χ2n) is 11.9. The monoisotopic (exact) mass is 637 g/mol. The van der Waals surface area contributed by atoms with Gasteiger partial charge in [0.05, 0.1) is 24.8 Å². The molecule has 2 amide bonds. The van der Waals surface area contributed by atoms with Crippen LogP contribution in [0, 0.1) is 0 Å². The second-order valence-corrected chi connectivity index (χ2v) is 13.0. The van der Waals surface area contributed by atoms with E-state index in [0.29, 0.717) is 46.6 Å². The standard InChI is InChI=1S/C37H39N3O5S/c1-44-37(43)27-15-11-24(12-16-27)9-10-25-13-17-29(18-14-25)39-35(42)33-31-7-2-3-8-32(31)46-36(33)40-34(41)28-6-4-5-26(21-28)22-38-30-19-20-45-23-30/h4-6,11-18,21,30,38H,2-3,7-10,19-20,22-23H2,1H3,(H,39,42)(H,40,41)/t30-/m1/s1. The molecule has 2 heterocycles. The lowest BCUT2D eigenvalue weighted by Crippen LogP contribution is -2.28. The maximum Gasteiger partial charge on any atom is 0.337 e. The minimum Gasteiger partial charge on any atom is -0.465 e. The lowest BCUT2D eigenvalue weighted by molar-refractivity contribution is 0.0600. The predicted octanol–water partition coefficient (Wildman–Crippen LogP) is 6.58. The number of fused-ring (bicyclic) bond motifs is 1. The van der Waals surface area contributed by atoms with Crippen LogP contribution in [0.5, 0.6) is 0 Å². The zero-order valence-corrected chi connectivity index (χ0v) is 26.8. The first-order valence-corrected chi connectivity index (χ1v) is 16.7. The van der Waals surface area contributed by atoms with Gasteiger partial charge in [-0.15, -0.1) is 11.3 Å². The van der Waals surface area contributed by atoms with Crippen LogP contribution in [-0.4, -0.2) is 44.1 Å². The van der Waals surface area contributed by atoms with Crippen molar-refractivity contribution in [2.45, 2.75) is 57.5 Å². The van der Waals surface area contributed by atoms with E-state index in [1.807, 2.05) is 60.7 Å². The topological polar surface area (TPSA) is 106 Å². The Bertz CT molecular complexity index is 1690. The van der Waals surface area contributed by atoms with Crippen LogP contribution in [0.2, 0.25) is 0 Å². The molecule has 1 aliphatic carbocycles. The second kappa shape index (κ2) is 14.9. The highest BCUT2D eigenvalue weighted by molar-refractivity contribution is 7.17. The number of esters is 1. The zero-order valence-electron chi connectivity index (χ0n) is 26.0. The number of ether oxygens (including phenoxy) is 2. The van der Waals surface area contributed by atoms with Crippen LogP contribution in [0.1, 0.15) is 77.5 Å². The van der Waals surface area contributed by atoms with E-state index in [9.17, 15) is 14.4 Å². The third-order valence-corrected chi connectivity index (χ3v) is 9.84. The summed E-state index contributed by atoms with van der Waals surface area (Å²) in [5.41, 5.74) is 6.74. The average molecular weight is 638 g/mol. The molecule has 1 aromatic heterocycles. The number of nitrogens with one attached hydrogen (secondary N) is 3. The summed E-state index contributed by atoms with van der Waals surface area (Å²) in [5, 5.41) is 10.3. The molecule has 2 aliphatic rings. The number of aryl methyl sites for hydroxylation is 3. The van der Waals surface area contributed by atoms with Crippen LogP contribution >= 0.6 is 11.3 Å². The smallest absolute Gasteiger partial charge is 0.337 e. The maximum atomic E-state index is 13.7. The fourth-order valence-electron chi connectivity index (χ4n) is 6.01. The van der Waals surface area contributed by atoms with Crippen LogP contribution in [0.3, 0.4) is 0 Å². The Labute approximate surface area is 273 Å². The van der Waals surface area contributed by atoms with E-state index in [1.165, 1.54) is 23.3 Å². The molecule has 1 saturated heterocycles. The van der Waals surface area contributed by atoms with Gasteiger partial charge < -0.3 is 25.4 Å².